The molecule has 8 heteroatoms. The summed E-state index contributed by atoms with van der Waals surface area (Å²) in [5, 5.41) is 15.9. The Hall–Kier alpha value is -3.60. The fourth-order valence-electron chi connectivity index (χ4n) is 4.11. The number of amides is 1. The predicted octanol–water partition coefficient (Wildman–Crippen LogP) is 5.28. The fourth-order valence-corrected chi connectivity index (χ4v) is 4.11. The predicted molar refractivity (Wildman–Crippen MR) is 115 cm³/mol. The molecule has 1 aliphatic rings. The van der Waals surface area contributed by atoms with Gasteiger partial charge < -0.3 is 10.6 Å². The lowest BCUT2D eigenvalue weighted by Crippen LogP contribution is -2.41. The van der Waals surface area contributed by atoms with Crippen LogP contribution < -0.4 is 10.6 Å². The summed E-state index contributed by atoms with van der Waals surface area (Å²) >= 11 is 0. The average Bonchev–Trinajstić information content (AvgIpc) is 2.78. The molecule has 164 valence electrons. The fraction of sp³-hybridized carbons (Fsp3) is 0.292. The summed E-state index contributed by atoms with van der Waals surface area (Å²) in [5.74, 6) is -0.263. The van der Waals surface area contributed by atoms with Crippen LogP contribution in [0.5, 0.6) is 0 Å². The van der Waals surface area contributed by atoms with Crippen LogP contribution in [0.2, 0.25) is 0 Å². The lowest BCUT2D eigenvalue weighted by atomic mass is 9.90. The average molecular weight is 438 g/mol. The minimum atomic E-state index is -4.54. The number of nitriles is 1. The molecule has 1 heterocycles. The Labute approximate surface area is 183 Å². The molecule has 1 saturated carbocycles. The van der Waals surface area contributed by atoms with Crippen molar-refractivity contribution in [1.29, 1.82) is 5.26 Å². The maximum absolute atomic E-state index is 13.3. The Morgan fingerprint density at radius 3 is 2.62 bits per heavy atom. The highest BCUT2D eigenvalue weighted by Gasteiger charge is 2.34. The molecule has 1 amide bonds. The summed E-state index contributed by atoms with van der Waals surface area (Å²) in [5.41, 5.74) is 0.557. The second kappa shape index (κ2) is 8.87. The molecular formula is C24H21F3N4O. The molecule has 0 bridgehead atoms. The van der Waals surface area contributed by atoms with Gasteiger partial charge in [0, 0.05) is 28.7 Å². The van der Waals surface area contributed by atoms with Gasteiger partial charge >= 0.3 is 6.18 Å². The lowest BCUT2D eigenvalue weighted by molar-refractivity contribution is -0.140. The van der Waals surface area contributed by atoms with Crippen molar-refractivity contribution in [2.24, 2.45) is 0 Å². The zero-order valence-corrected chi connectivity index (χ0v) is 17.1. The molecule has 0 aliphatic heterocycles. The highest BCUT2D eigenvalue weighted by molar-refractivity contribution is 5.94. The molecule has 3 aromatic rings. The molecule has 4 rings (SSSR count). The van der Waals surface area contributed by atoms with Crippen molar-refractivity contribution in [2.45, 2.75) is 43.9 Å². The molecule has 5 nitrogen and oxygen atoms in total. The number of hydrogen-bond acceptors (Lipinski definition) is 4. The van der Waals surface area contributed by atoms with Crippen LogP contribution in [0, 0.1) is 11.3 Å². The van der Waals surface area contributed by atoms with Gasteiger partial charge in [-0.2, -0.15) is 18.4 Å². The van der Waals surface area contributed by atoms with Gasteiger partial charge in [0.2, 0.25) is 0 Å². The van der Waals surface area contributed by atoms with Gasteiger partial charge in [-0.25, -0.2) is 4.98 Å². The van der Waals surface area contributed by atoms with E-state index in [-0.39, 0.29) is 23.5 Å². The van der Waals surface area contributed by atoms with Crippen molar-refractivity contribution in [2.75, 3.05) is 5.32 Å². The number of pyridine rings is 1. The topological polar surface area (TPSA) is 77.8 Å². The van der Waals surface area contributed by atoms with E-state index in [2.05, 4.69) is 15.6 Å². The van der Waals surface area contributed by atoms with Crippen LogP contribution >= 0.6 is 0 Å². The van der Waals surface area contributed by atoms with Crippen LogP contribution in [-0.4, -0.2) is 23.0 Å². The number of para-hydroxylation sites is 1. The van der Waals surface area contributed by atoms with E-state index >= 15 is 0 Å². The number of carbonyl (C=O) groups is 1. The van der Waals surface area contributed by atoms with E-state index < -0.39 is 11.9 Å². The molecular weight excluding hydrogens is 417 g/mol. The first kappa shape index (κ1) is 21.6. The number of hydrogen-bond donors (Lipinski definition) is 2. The summed E-state index contributed by atoms with van der Waals surface area (Å²) < 4.78 is 40.0. The molecule has 1 aliphatic carbocycles. The van der Waals surface area contributed by atoms with Crippen molar-refractivity contribution in [3.8, 4) is 6.07 Å². The van der Waals surface area contributed by atoms with E-state index in [1.807, 2.05) is 6.07 Å². The number of fused-ring (bicyclic) bond motifs is 1. The number of carbonyl (C=O) groups excluding carboxylic acids is 1. The second-order valence-electron chi connectivity index (χ2n) is 7.94. The summed E-state index contributed by atoms with van der Waals surface area (Å²) in [6, 6.07) is 16.1. The molecule has 0 saturated heterocycles. The number of aromatic nitrogens is 1. The number of halogens is 3. The summed E-state index contributed by atoms with van der Waals surface area (Å²) in [7, 11) is 0. The van der Waals surface area contributed by atoms with Crippen molar-refractivity contribution in [3.63, 3.8) is 0 Å². The Morgan fingerprint density at radius 2 is 1.84 bits per heavy atom. The van der Waals surface area contributed by atoms with Gasteiger partial charge in [0.1, 0.15) is 5.69 Å². The first-order valence-corrected chi connectivity index (χ1v) is 10.4. The Morgan fingerprint density at radius 1 is 1.06 bits per heavy atom. The Balaban J connectivity index is 1.50. The van der Waals surface area contributed by atoms with Gasteiger partial charge in [-0.3, -0.25) is 4.79 Å². The van der Waals surface area contributed by atoms with Gasteiger partial charge in [0.25, 0.3) is 5.91 Å². The van der Waals surface area contributed by atoms with E-state index in [4.69, 9.17) is 5.26 Å². The largest absolute Gasteiger partial charge is 0.433 e. The first-order chi connectivity index (χ1) is 15.3. The van der Waals surface area contributed by atoms with Crippen molar-refractivity contribution in [3.05, 3.63) is 71.4 Å². The quantitative estimate of drug-likeness (QED) is 0.581. The second-order valence-corrected chi connectivity index (χ2v) is 7.94. The third-order valence-corrected chi connectivity index (χ3v) is 5.63. The monoisotopic (exact) mass is 438 g/mol. The maximum atomic E-state index is 13.3. The molecule has 0 spiro atoms. The van der Waals surface area contributed by atoms with E-state index in [1.54, 1.807) is 42.5 Å². The molecule has 2 N–H and O–H groups in total. The number of nitrogens with one attached hydrogen (secondary N) is 2. The summed E-state index contributed by atoms with van der Waals surface area (Å²) in [6.45, 7) is 0. The van der Waals surface area contributed by atoms with Crippen LogP contribution in [0.15, 0.2) is 54.6 Å². The van der Waals surface area contributed by atoms with E-state index in [0.29, 0.717) is 28.6 Å². The number of alkyl halides is 3. The van der Waals surface area contributed by atoms with E-state index in [1.165, 1.54) is 6.07 Å². The number of nitrogens with zero attached hydrogens (tertiary/aromatic N) is 2. The van der Waals surface area contributed by atoms with Gasteiger partial charge in [0.15, 0.2) is 0 Å². The first-order valence-electron chi connectivity index (χ1n) is 10.4. The molecule has 1 aromatic heterocycles. The zero-order valence-electron chi connectivity index (χ0n) is 17.1. The summed E-state index contributed by atoms with van der Waals surface area (Å²) in [6.07, 6.45) is -1.56. The number of rotatable bonds is 4. The maximum Gasteiger partial charge on any atom is 0.433 e. The Bertz CT molecular complexity index is 1190. The van der Waals surface area contributed by atoms with Crippen LogP contribution in [0.4, 0.5) is 18.9 Å². The van der Waals surface area contributed by atoms with Crippen LogP contribution in [0.3, 0.4) is 0 Å². The van der Waals surface area contributed by atoms with Gasteiger partial charge in [-0.05, 0) is 56.0 Å². The van der Waals surface area contributed by atoms with Crippen LogP contribution in [0.25, 0.3) is 10.9 Å². The van der Waals surface area contributed by atoms with E-state index in [9.17, 15) is 18.0 Å². The van der Waals surface area contributed by atoms with Gasteiger partial charge in [-0.1, -0.05) is 24.3 Å². The Kier molecular flexibility index (Phi) is 5.99. The highest BCUT2D eigenvalue weighted by Crippen LogP contribution is 2.34. The minimum Gasteiger partial charge on any atom is -0.382 e. The number of benzene rings is 2. The molecule has 0 unspecified atom stereocenters. The molecule has 0 radical (unpaired) electrons. The smallest absolute Gasteiger partial charge is 0.382 e. The molecule has 2 aromatic carbocycles. The van der Waals surface area contributed by atoms with Gasteiger partial charge in [0.05, 0.1) is 17.1 Å². The van der Waals surface area contributed by atoms with Gasteiger partial charge in [-0.15, -0.1) is 0 Å². The summed E-state index contributed by atoms with van der Waals surface area (Å²) in [4.78, 5) is 16.4. The SMILES string of the molecule is N#Cc1cccc(C(=O)N[C@@H]2CCC[C@H](Nc3cc(C(F)(F)F)nc4ccccc34)C2)c1. The minimum absolute atomic E-state index is 0.0913. The third kappa shape index (κ3) is 4.83. The molecule has 2 atom stereocenters. The number of anilines is 1. The normalized spacial score (nSPS) is 18.7. The van der Waals surface area contributed by atoms with Crippen molar-refractivity contribution >= 4 is 22.5 Å². The zero-order chi connectivity index (χ0) is 22.7. The van der Waals surface area contributed by atoms with E-state index in [0.717, 1.165) is 25.3 Å². The standard InChI is InChI=1S/C24H21F3N4O/c25-24(26,27)22-13-21(19-9-1-2-10-20(19)31-22)29-17-7-4-8-18(12-17)30-23(32)16-6-3-5-15(11-16)14-28/h1-3,5-6,9-11,13,17-18H,4,7-8,12H2,(H,29,31)(H,30,32)/t17-,18+/m0/s1. The van der Waals surface area contributed by atoms with Crippen molar-refractivity contribution < 1.29 is 18.0 Å². The van der Waals surface area contributed by atoms with Crippen LogP contribution in [0.1, 0.15) is 47.3 Å². The molecule has 1 fully saturated rings. The third-order valence-electron chi connectivity index (χ3n) is 5.63. The van der Waals surface area contributed by atoms with Crippen LogP contribution in [-0.2, 0) is 6.18 Å². The molecule has 32 heavy (non-hydrogen) atoms. The van der Waals surface area contributed by atoms with Crippen molar-refractivity contribution in [1.82, 2.24) is 10.3 Å². The highest BCUT2D eigenvalue weighted by atomic mass is 19.4. The lowest BCUT2D eigenvalue weighted by Gasteiger charge is -2.31.